The van der Waals surface area contributed by atoms with Crippen LogP contribution in [0.15, 0.2) is 4.40 Å². The normalized spacial score (nSPS) is 15.6. The van der Waals surface area contributed by atoms with Crippen LogP contribution < -0.4 is 0 Å². The summed E-state index contributed by atoms with van der Waals surface area (Å²) in [4.78, 5) is 0.980. The second kappa shape index (κ2) is 6.59. The van der Waals surface area contributed by atoms with Gasteiger partial charge in [0.05, 0.1) is 0 Å². The topological polar surface area (TPSA) is 49.7 Å². The number of sulfonamides is 1. The Balaban J connectivity index is 6.18. The van der Waals surface area contributed by atoms with Crippen LogP contribution >= 0.6 is 0 Å². The zero-order chi connectivity index (χ0) is 19.8. The first-order valence-corrected chi connectivity index (χ1v) is 7.60. The lowest BCUT2D eigenvalue weighted by Gasteiger charge is -2.32. The van der Waals surface area contributed by atoms with Crippen LogP contribution in [0.1, 0.15) is 20.8 Å². The van der Waals surface area contributed by atoms with Crippen molar-refractivity contribution in [3.8, 4) is 0 Å². The fraction of sp³-hybridized carbons (Fsp3) is 0.900. The van der Waals surface area contributed by atoms with Gasteiger partial charge in [-0.2, -0.15) is 47.9 Å². The Labute approximate surface area is 131 Å². The van der Waals surface area contributed by atoms with Gasteiger partial charge in [0.25, 0.3) is 0 Å². The summed E-state index contributed by atoms with van der Waals surface area (Å²) in [6.45, 7) is 3.57. The van der Waals surface area contributed by atoms with Crippen molar-refractivity contribution in [3.05, 3.63) is 0 Å². The molecule has 0 N–H and O–H groups in total. The first-order valence-electron chi connectivity index (χ1n) is 6.16. The van der Waals surface area contributed by atoms with Crippen LogP contribution in [0, 0.1) is 0 Å². The Kier molecular flexibility index (Phi) is 6.26. The van der Waals surface area contributed by atoms with Gasteiger partial charge in [0.15, 0.2) is 0 Å². The highest BCUT2D eigenvalue weighted by molar-refractivity contribution is 7.91. The predicted molar refractivity (Wildman–Crippen MR) is 65.8 cm³/mol. The van der Waals surface area contributed by atoms with Crippen molar-refractivity contribution in [2.45, 2.75) is 44.0 Å². The lowest BCUT2D eigenvalue weighted by Crippen LogP contribution is -2.63. The standard InChI is InChI=1S/C10H13F9N2O2S/c1-4-21(5-2)6(3)20-24(22,23)10(18,19)8(13,14)7(11,12)9(15,16)17/h4-5H2,1-3H3/b20-6+. The summed E-state index contributed by atoms with van der Waals surface area (Å²) in [7, 11) is -6.74. The van der Waals surface area contributed by atoms with E-state index in [9.17, 15) is 47.9 Å². The quantitative estimate of drug-likeness (QED) is 0.392. The molecular formula is C10H13F9N2O2S. The zero-order valence-corrected chi connectivity index (χ0v) is 13.3. The van der Waals surface area contributed by atoms with E-state index in [1.165, 1.54) is 13.8 Å². The highest BCUT2D eigenvalue weighted by Gasteiger charge is 2.85. The summed E-state index contributed by atoms with van der Waals surface area (Å²) in [5.41, 5.74) is 0. The Morgan fingerprint density at radius 1 is 0.875 bits per heavy atom. The van der Waals surface area contributed by atoms with E-state index in [2.05, 4.69) is 4.40 Å². The van der Waals surface area contributed by atoms with E-state index in [0.717, 1.165) is 11.8 Å². The van der Waals surface area contributed by atoms with E-state index in [-0.39, 0.29) is 13.1 Å². The number of alkyl halides is 9. The van der Waals surface area contributed by atoms with Gasteiger partial charge in [-0.05, 0) is 20.8 Å². The van der Waals surface area contributed by atoms with Crippen molar-refractivity contribution in [2.75, 3.05) is 13.1 Å². The molecule has 0 saturated heterocycles. The average molecular weight is 396 g/mol. The Bertz CT molecular complexity index is 580. The van der Waals surface area contributed by atoms with Crippen LogP contribution in [0.5, 0.6) is 0 Å². The van der Waals surface area contributed by atoms with E-state index < -0.39 is 39.1 Å². The van der Waals surface area contributed by atoms with Gasteiger partial charge in [-0.25, -0.2) is 0 Å². The molecular weight excluding hydrogens is 383 g/mol. The van der Waals surface area contributed by atoms with Crippen LogP contribution in [0.2, 0.25) is 0 Å². The number of hydrogen-bond donors (Lipinski definition) is 0. The van der Waals surface area contributed by atoms with Crippen molar-refractivity contribution in [3.63, 3.8) is 0 Å². The van der Waals surface area contributed by atoms with Crippen molar-refractivity contribution < 1.29 is 47.9 Å². The smallest absolute Gasteiger partial charge is 0.360 e. The molecule has 0 saturated carbocycles. The zero-order valence-electron chi connectivity index (χ0n) is 12.4. The molecule has 0 rings (SSSR count). The van der Waals surface area contributed by atoms with Crippen molar-refractivity contribution >= 4 is 15.9 Å². The fourth-order valence-electron chi connectivity index (χ4n) is 1.49. The lowest BCUT2D eigenvalue weighted by molar-refractivity contribution is -0.382. The van der Waals surface area contributed by atoms with E-state index in [0.29, 0.717) is 0 Å². The monoisotopic (exact) mass is 396 g/mol. The second-order valence-corrected chi connectivity index (χ2v) is 6.09. The number of hydrogen-bond acceptors (Lipinski definition) is 2. The summed E-state index contributed by atoms with van der Waals surface area (Å²) in [6, 6.07) is 0. The van der Waals surface area contributed by atoms with Crippen LogP contribution in [0.4, 0.5) is 39.5 Å². The fourth-order valence-corrected chi connectivity index (χ4v) is 2.52. The van der Waals surface area contributed by atoms with E-state index in [1.807, 2.05) is 0 Å². The molecule has 0 spiro atoms. The van der Waals surface area contributed by atoms with Gasteiger partial charge in [0.2, 0.25) is 0 Å². The molecule has 0 unspecified atom stereocenters. The molecule has 4 nitrogen and oxygen atoms in total. The van der Waals surface area contributed by atoms with Gasteiger partial charge in [0.1, 0.15) is 5.84 Å². The molecule has 0 aliphatic rings. The SMILES string of the molecule is CCN(CC)/C(C)=N/S(=O)(=O)C(F)(F)C(F)(F)C(F)(F)C(F)(F)F. The molecule has 0 atom stereocenters. The van der Waals surface area contributed by atoms with Crippen molar-refractivity contribution in [1.29, 1.82) is 0 Å². The molecule has 0 aliphatic carbocycles. The van der Waals surface area contributed by atoms with Crippen LogP contribution in [0.3, 0.4) is 0 Å². The van der Waals surface area contributed by atoms with Crippen LogP contribution in [0.25, 0.3) is 0 Å². The van der Waals surface area contributed by atoms with Gasteiger partial charge < -0.3 is 4.90 Å². The molecule has 0 bridgehead atoms. The summed E-state index contributed by atoms with van der Waals surface area (Å²) < 4.78 is 139. The number of rotatable bonds is 6. The number of amidine groups is 1. The maximum absolute atomic E-state index is 13.4. The van der Waals surface area contributed by atoms with Gasteiger partial charge >= 0.3 is 33.3 Å². The summed E-state index contributed by atoms with van der Waals surface area (Å²) in [6.07, 6.45) is -7.10. The van der Waals surface area contributed by atoms with Gasteiger partial charge in [0, 0.05) is 13.1 Å². The Morgan fingerprint density at radius 3 is 1.54 bits per heavy atom. The average Bonchev–Trinajstić information content (AvgIpc) is 2.37. The second-order valence-electron chi connectivity index (χ2n) is 4.45. The van der Waals surface area contributed by atoms with Gasteiger partial charge in [-0.3, -0.25) is 0 Å². The molecule has 0 fully saturated rings. The highest BCUT2D eigenvalue weighted by atomic mass is 32.2. The molecule has 14 heteroatoms. The molecule has 0 aromatic carbocycles. The van der Waals surface area contributed by atoms with E-state index in [1.54, 1.807) is 0 Å². The third-order valence-corrected chi connectivity index (χ3v) is 4.32. The summed E-state index contributed by atoms with van der Waals surface area (Å²) >= 11 is 0. The Morgan fingerprint density at radius 2 is 1.25 bits per heavy atom. The molecule has 0 amide bonds. The lowest BCUT2D eigenvalue weighted by atomic mass is 10.1. The predicted octanol–water partition coefficient (Wildman–Crippen LogP) is 3.50. The number of halogens is 9. The maximum Gasteiger partial charge on any atom is 0.460 e. The van der Waals surface area contributed by atoms with Crippen LogP contribution in [-0.4, -0.2) is 55.5 Å². The van der Waals surface area contributed by atoms with Gasteiger partial charge in [-0.15, -0.1) is 4.40 Å². The summed E-state index contributed by atoms with van der Waals surface area (Å²) in [5.74, 6) is -15.3. The molecule has 144 valence electrons. The molecule has 0 aliphatic heterocycles. The molecule has 0 radical (unpaired) electrons. The number of nitrogens with zero attached hydrogens (tertiary/aromatic N) is 2. The summed E-state index contributed by atoms with van der Waals surface area (Å²) in [5, 5.41) is -6.80. The molecule has 24 heavy (non-hydrogen) atoms. The minimum atomic E-state index is -7.30. The Hall–Kier alpha value is -1.21. The van der Waals surface area contributed by atoms with Crippen molar-refractivity contribution in [2.24, 2.45) is 4.40 Å². The largest absolute Gasteiger partial charge is 0.460 e. The molecule has 0 heterocycles. The molecule has 0 aromatic heterocycles. The molecule has 0 aromatic rings. The minimum Gasteiger partial charge on any atom is -0.360 e. The third kappa shape index (κ3) is 3.57. The van der Waals surface area contributed by atoms with E-state index in [4.69, 9.17) is 0 Å². The van der Waals surface area contributed by atoms with Crippen molar-refractivity contribution in [1.82, 2.24) is 4.90 Å². The first-order chi connectivity index (χ1) is 10.4. The maximum atomic E-state index is 13.4. The van der Waals surface area contributed by atoms with Gasteiger partial charge in [-0.1, -0.05) is 0 Å². The minimum absolute atomic E-state index is 0.0119. The third-order valence-electron chi connectivity index (χ3n) is 2.91. The van der Waals surface area contributed by atoms with Crippen LogP contribution in [-0.2, 0) is 10.0 Å². The highest BCUT2D eigenvalue weighted by Crippen LogP contribution is 2.54. The van der Waals surface area contributed by atoms with E-state index >= 15 is 0 Å². The first kappa shape index (κ1) is 22.8.